The summed E-state index contributed by atoms with van der Waals surface area (Å²) in [7, 11) is 0. The van der Waals surface area contributed by atoms with E-state index in [9.17, 15) is 0 Å². The second-order valence-electron chi connectivity index (χ2n) is 1.82. The summed E-state index contributed by atoms with van der Waals surface area (Å²) in [4.78, 5) is 3.95. The summed E-state index contributed by atoms with van der Waals surface area (Å²) in [5.74, 6) is 0. The Kier molecular flexibility index (Phi) is 2.44. The Bertz CT molecular complexity index is 297. The van der Waals surface area contributed by atoms with Crippen molar-refractivity contribution in [2.45, 2.75) is 0 Å². The second-order valence-corrected chi connectivity index (χ2v) is 1.82. The van der Waals surface area contributed by atoms with E-state index in [-0.39, 0.29) is 0 Å². The standard InChI is InChI=1S/C7H5NO.C2H4/c1-2-4-7-6(3-1)8-5-9-7;1-2/h1-5H;1-2H2. The van der Waals surface area contributed by atoms with Gasteiger partial charge in [0.1, 0.15) is 5.52 Å². The first-order valence-electron chi connectivity index (χ1n) is 3.25. The first kappa shape index (κ1) is 7.54. The lowest BCUT2D eigenvalue weighted by atomic mass is 10.3. The largest absolute Gasteiger partial charge is 0.443 e. The van der Waals surface area contributed by atoms with Gasteiger partial charge in [-0.25, -0.2) is 4.98 Å². The van der Waals surface area contributed by atoms with E-state index in [2.05, 4.69) is 18.1 Å². The van der Waals surface area contributed by atoms with Crippen LogP contribution in [0.25, 0.3) is 11.1 Å². The van der Waals surface area contributed by atoms with Crippen molar-refractivity contribution in [1.29, 1.82) is 0 Å². The van der Waals surface area contributed by atoms with Crippen molar-refractivity contribution >= 4 is 11.1 Å². The van der Waals surface area contributed by atoms with Gasteiger partial charge in [-0.1, -0.05) is 12.1 Å². The molecule has 2 heteroatoms. The summed E-state index contributed by atoms with van der Waals surface area (Å²) in [6.07, 6.45) is 1.45. The van der Waals surface area contributed by atoms with Gasteiger partial charge in [-0.3, -0.25) is 0 Å². The molecule has 0 bridgehead atoms. The number of hydrogen-bond donors (Lipinski definition) is 0. The summed E-state index contributed by atoms with van der Waals surface area (Å²) in [6.45, 7) is 6.00. The van der Waals surface area contributed by atoms with Crippen LogP contribution in [0.5, 0.6) is 0 Å². The third kappa shape index (κ3) is 1.46. The van der Waals surface area contributed by atoms with Gasteiger partial charge < -0.3 is 4.42 Å². The second kappa shape index (κ2) is 3.56. The van der Waals surface area contributed by atoms with Gasteiger partial charge >= 0.3 is 0 Å². The Labute approximate surface area is 65.2 Å². The lowest BCUT2D eigenvalue weighted by molar-refractivity contribution is 0.602. The Morgan fingerprint density at radius 1 is 1.18 bits per heavy atom. The summed E-state index contributed by atoms with van der Waals surface area (Å²) in [6, 6.07) is 7.67. The van der Waals surface area contributed by atoms with E-state index in [1.165, 1.54) is 6.39 Å². The van der Waals surface area contributed by atoms with Crippen LogP contribution < -0.4 is 0 Å². The van der Waals surface area contributed by atoms with Crippen LogP contribution in [0.4, 0.5) is 0 Å². The van der Waals surface area contributed by atoms with Crippen molar-refractivity contribution in [3.05, 3.63) is 43.8 Å². The number of benzene rings is 1. The SMILES string of the molecule is C=C.c1ccc2ocnc2c1. The molecule has 0 saturated heterocycles. The maximum atomic E-state index is 5.01. The van der Waals surface area contributed by atoms with Gasteiger partial charge in [-0.15, -0.1) is 13.2 Å². The molecule has 0 radical (unpaired) electrons. The van der Waals surface area contributed by atoms with Crippen LogP contribution in [-0.4, -0.2) is 4.98 Å². The smallest absolute Gasteiger partial charge is 0.181 e. The Morgan fingerprint density at radius 3 is 2.64 bits per heavy atom. The van der Waals surface area contributed by atoms with Gasteiger partial charge in [-0.05, 0) is 12.1 Å². The Morgan fingerprint density at radius 2 is 1.91 bits per heavy atom. The third-order valence-electron chi connectivity index (χ3n) is 1.24. The molecule has 56 valence electrons. The number of oxazole rings is 1. The van der Waals surface area contributed by atoms with Crippen LogP contribution in [-0.2, 0) is 0 Å². The van der Waals surface area contributed by atoms with Crippen LogP contribution in [0.1, 0.15) is 0 Å². The van der Waals surface area contributed by atoms with E-state index >= 15 is 0 Å². The lowest BCUT2D eigenvalue weighted by Crippen LogP contribution is -1.61. The summed E-state index contributed by atoms with van der Waals surface area (Å²) in [5, 5.41) is 0. The molecule has 1 aromatic heterocycles. The molecule has 2 nitrogen and oxygen atoms in total. The van der Waals surface area contributed by atoms with E-state index in [0.717, 1.165) is 11.1 Å². The van der Waals surface area contributed by atoms with Gasteiger partial charge in [0.2, 0.25) is 0 Å². The highest BCUT2D eigenvalue weighted by Crippen LogP contribution is 2.09. The molecule has 2 aromatic rings. The zero-order valence-electron chi connectivity index (χ0n) is 6.16. The van der Waals surface area contributed by atoms with E-state index in [1.54, 1.807) is 0 Å². The van der Waals surface area contributed by atoms with Gasteiger partial charge in [0.05, 0.1) is 0 Å². The number of nitrogens with zero attached hydrogens (tertiary/aromatic N) is 1. The van der Waals surface area contributed by atoms with Gasteiger partial charge in [0.15, 0.2) is 12.0 Å². The molecule has 0 aliphatic heterocycles. The number of rotatable bonds is 0. The van der Waals surface area contributed by atoms with Crippen LogP contribution in [0, 0.1) is 0 Å². The van der Waals surface area contributed by atoms with Crippen molar-refractivity contribution < 1.29 is 4.42 Å². The first-order chi connectivity index (χ1) is 5.47. The number of para-hydroxylation sites is 2. The molecular weight excluding hydrogens is 138 g/mol. The molecule has 0 fully saturated rings. The van der Waals surface area contributed by atoms with Crippen molar-refractivity contribution in [2.24, 2.45) is 0 Å². The maximum Gasteiger partial charge on any atom is 0.181 e. The molecule has 1 heterocycles. The monoisotopic (exact) mass is 147 g/mol. The van der Waals surface area contributed by atoms with Gasteiger partial charge in [0.25, 0.3) is 0 Å². The number of hydrogen-bond acceptors (Lipinski definition) is 2. The van der Waals surface area contributed by atoms with Crippen LogP contribution >= 0.6 is 0 Å². The van der Waals surface area contributed by atoms with E-state index in [0.29, 0.717) is 0 Å². The molecule has 0 N–H and O–H groups in total. The van der Waals surface area contributed by atoms with E-state index in [4.69, 9.17) is 4.42 Å². The van der Waals surface area contributed by atoms with Crippen molar-refractivity contribution in [3.63, 3.8) is 0 Å². The Balaban J connectivity index is 0.000000281. The molecular formula is C9H9NO. The van der Waals surface area contributed by atoms with Crippen molar-refractivity contribution in [2.75, 3.05) is 0 Å². The van der Waals surface area contributed by atoms with Crippen LogP contribution in [0.2, 0.25) is 0 Å². The fourth-order valence-corrected chi connectivity index (χ4v) is 0.803. The fraction of sp³-hybridized carbons (Fsp3) is 0. The summed E-state index contributed by atoms with van der Waals surface area (Å²) in [5.41, 5.74) is 1.76. The van der Waals surface area contributed by atoms with E-state index in [1.807, 2.05) is 24.3 Å². The molecule has 0 atom stereocenters. The first-order valence-corrected chi connectivity index (χ1v) is 3.25. The van der Waals surface area contributed by atoms with E-state index < -0.39 is 0 Å². The lowest BCUT2D eigenvalue weighted by Gasteiger charge is -1.79. The topological polar surface area (TPSA) is 26.0 Å². The molecule has 0 aliphatic rings. The van der Waals surface area contributed by atoms with Crippen LogP contribution in [0.15, 0.2) is 48.2 Å². The summed E-state index contributed by atoms with van der Waals surface area (Å²) >= 11 is 0. The number of fused-ring (bicyclic) bond motifs is 1. The molecule has 11 heavy (non-hydrogen) atoms. The third-order valence-corrected chi connectivity index (χ3v) is 1.24. The van der Waals surface area contributed by atoms with Gasteiger partial charge in [-0.2, -0.15) is 0 Å². The molecule has 0 aliphatic carbocycles. The quantitative estimate of drug-likeness (QED) is 0.535. The molecule has 0 saturated carbocycles. The van der Waals surface area contributed by atoms with Crippen molar-refractivity contribution in [1.82, 2.24) is 4.98 Å². The molecule has 0 amide bonds. The summed E-state index contributed by atoms with van der Waals surface area (Å²) < 4.78 is 5.01. The molecule has 1 aromatic carbocycles. The van der Waals surface area contributed by atoms with Gasteiger partial charge in [0, 0.05) is 0 Å². The minimum absolute atomic E-state index is 0.845. The normalized spacial score (nSPS) is 8.73. The highest BCUT2D eigenvalue weighted by atomic mass is 16.3. The minimum Gasteiger partial charge on any atom is -0.443 e. The average Bonchev–Trinajstić information content (AvgIpc) is 2.55. The Hall–Kier alpha value is -1.57. The molecule has 2 rings (SSSR count). The average molecular weight is 147 g/mol. The zero-order chi connectivity index (χ0) is 8.10. The van der Waals surface area contributed by atoms with Crippen molar-refractivity contribution in [3.8, 4) is 0 Å². The number of aromatic nitrogens is 1. The fourth-order valence-electron chi connectivity index (χ4n) is 0.803. The minimum atomic E-state index is 0.845. The van der Waals surface area contributed by atoms with Crippen LogP contribution in [0.3, 0.4) is 0 Å². The predicted octanol–water partition coefficient (Wildman–Crippen LogP) is 2.63. The highest BCUT2D eigenvalue weighted by Gasteiger charge is 1.91. The highest BCUT2D eigenvalue weighted by molar-refractivity contribution is 5.71. The molecule has 0 spiro atoms. The maximum absolute atomic E-state index is 5.01. The predicted molar refractivity (Wildman–Crippen MR) is 45.3 cm³/mol. The molecule has 0 unspecified atom stereocenters. The zero-order valence-corrected chi connectivity index (χ0v) is 6.16.